The van der Waals surface area contributed by atoms with E-state index in [1.165, 1.54) is 5.57 Å². The fourth-order valence-corrected chi connectivity index (χ4v) is 1.36. The first-order valence-electron chi connectivity index (χ1n) is 4.34. The van der Waals surface area contributed by atoms with Gasteiger partial charge in [-0.2, -0.15) is 0 Å². The van der Waals surface area contributed by atoms with Gasteiger partial charge in [-0.15, -0.1) is 0 Å². The normalized spacial score (nSPS) is 17.5. The molecule has 0 aromatic carbocycles. The number of hydrogen-bond acceptors (Lipinski definition) is 2. The van der Waals surface area contributed by atoms with Gasteiger partial charge in [0.25, 0.3) is 0 Å². The molecule has 1 rings (SSSR count). The van der Waals surface area contributed by atoms with Crippen LogP contribution >= 0.6 is 0 Å². The van der Waals surface area contributed by atoms with Gasteiger partial charge in [0.15, 0.2) is 0 Å². The molecule has 1 aliphatic rings. The Hall–Kier alpha value is -0.830. The first kappa shape index (κ1) is 9.26. The van der Waals surface area contributed by atoms with Crippen molar-refractivity contribution in [2.45, 2.75) is 19.8 Å². The van der Waals surface area contributed by atoms with Crippen LogP contribution in [0.25, 0.3) is 0 Å². The number of aliphatic hydroxyl groups is 1. The molecule has 0 saturated heterocycles. The Morgan fingerprint density at radius 3 is 2.92 bits per heavy atom. The quantitative estimate of drug-likeness (QED) is 0.613. The predicted octanol–water partition coefficient (Wildman–Crippen LogP) is 0.547. The Kier molecular flexibility index (Phi) is 3.29. The second kappa shape index (κ2) is 4.26. The van der Waals surface area contributed by atoms with Crippen molar-refractivity contribution >= 4 is 5.91 Å². The molecule has 3 heteroatoms. The summed E-state index contributed by atoms with van der Waals surface area (Å²) < 4.78 is 0. The molecule has 0 radical (unpaired) electrons. The van der Waals surface area contributed by atoms with E-state index in [4.69, 9.17) is 5.11 Å². The second-order valence-electron chi connectivity index (χ2n) is 2.96. The lowest BCUT2D eigenvalue weighted by molar-refractivity contribution is -0.133. The van der Waals surface area contributed by atoms with E-state index in [2.05, 4.69) is 13.0 Å². The minimum atomic E-state index is -0.366. The maximum Gasteiger partial charge on any atom is 0.248 e. The van der Waals surface area contributed by atoms with E-state index in [1.54, 1.807) is 4.90 Å². The molecule has 0 aromatic rings. The maximum atomic E-state index is 11.0. The van der Waals surface area contributed by atoms with Crippen LogP contribution in [0.5, 0.6) is 0 Å². The molecule has 0 saturated carbocycles. The average molecular weight is 169 g/mol. The van der Waals surface area contributed by atoms with Crippen LogP contribution in [0.4, 0.5) is 0 Å². The third-order valence-electron chi connectivity index (χ3n) is 2.25. The first-order valence-corrected chi connectivity index (χ1v) is 4.34. The van der Waals surface area contributed by atoms with E-state index in [0.717, 1.165) is 19.4 Å². The molecule has 0 aromatic heterocycles. The molecule has 68 valence electrons. The summed E-state index contributed by atoms with van der Waals surface area (Å²) in [6.45, 7) is 3.19. The van der Waals surface area contributed by atoms with Crippen molar-refractivity contribution in [3.63, 3.8) is 0 Å². The zero-order valence-electron chi connectivity index (χ0n) is 7.42. The first-order chi connectivity index (χ1) is 5.77. The van der Waals surface area contributed by atoms with Gasteiger partial charge in [0.2, 0.25) is 5.91 Å². The summed E-state index contributed by atoms with van der Waals surface area (Å²) in [5, 5.41) is 8.60. The Bertz CT molecular complexity index is 199. The third-order valence-corrected chi connectivity index (χ3v) is 2.25. The molecule has 1 amide bonds. The van der Waals surface area contributed by atoms with Gasteiger partial charge in [-0.25, -0.2) is 0 Å². The zero-order valence-corrected chi connectivity index (χ0v) is 7.42. The molecule has 0 unspecified atom stereocenters. The van der Waals surface area contributed by atoms with Gasteiger partial charge < -0.3 is 10.0 Å². The molecule has 0 fully saturated rings. The molecule has 0 aliphatic carbocycles. The summed E-state index contributed by atoms with van der Waals surface area (Å²) in [6.07, 6.45) is 4.11. The summed E-state index contributed by atoms with van der Waals surface area (Å²) >= 11 is 0. The van der Waals surface area contributed by atoms with Crippen LogP contribution in [0, 0.1) is 0 Å². The number of rotatable bonds is 2. The van der Waals surface area contributed by atoms with E-state index in [-0.39, 0.29) is 12.5 Å². The fraction of sp³-hybridized carbons (Fsp3) is 0.667. The van der Waals surface area contributed by atoms with E-state index in [0.29, 0.717) is 6.54 Å². The highest BCUT2D eigenvalue weighted by Crippen LogP contribution is 2.13. The summed E-state index contributed by atoms with van der Waals surface area (Å²) in [5.41, 5.74) is 1.41. The number of carbonyl (C=O) groups excluding carboxylic acids is 1. The fourth-order valence-electron chi connectivity index (χ4n) is 1.36. The SMILES string of the molecule is CCC1=CCN(C(=O)CO)CC1. The van der Waals surface area contributed by atoms with Crippen molar-refractivity contribution in [1.29, 1.82) is 0 Å². The van der Waals surface area contributed by atoms with E-state index in [9.17, 15) is 4.79 Å². The predicted molar refractivity (Wildman–Crippen MR) is 46.7 cm³/mol. The topological polar surface area (TPSA) is 40.5 Å². The van der Waals surface area contributed by atoms with Gasteiger partial charge in [0.05, 0.1) is 0 Å². The molecule has 1 N–H and O–H groups in total. The molecular weight excluding hydrogens is 154 g/mol. The Morgan fingerprint density at radius 1 is 1.75 bits per heavy atom. The molecule has 1 heterocycles. The van der Waals surface area contributed by atoms with Crippen LogP contribution in [0.2, 0.25) is 0 Å². The maximum absolute atomic E-state index is 11.0. The number of hydrogen-bond donors (Lipinski definition) is 1. The van der Waals surface area contributed by atoms with E-state index >= 15 is 0 Å². The lowest BCUT2D eigenvalue weighted by atomic mass is 10.1. The summed E-state index contributed by atoms with van der Waals surface area (Å²) in [6, 6.07) is 0. The van der Waals surface area contributed by atoms with Crippen molar-refractivity contribution < 1.29 is 9.90 Å². The number of aliphatic hydroxyl groups excluding tert-OH is 1. The molecule has 3 nitrogen and oxygen atoms in total. The zero-order chi connectivity index (χ0) is 8.97. The van der Waals surface area contributed by atoms with Crippen LogP contribution in [0.1, 0.15) is 19.8 Å². The molecule has 12 heavy (non-hydrogen) atoms. The number of amides is 1. The van der Waals surface area contributed by atoms with Crippen LogP contribution < -0.4 is 0 Å². The highest BCUT2D eigenvalue weighted by atomic mass is 16.3. The van der Waals surface area contributed by atoms with Crippen LogP contribution in [-0.2, 0) is 4.79 Å². The highest BCUT2D eigenvalue weighted by molar-refractivity contribution is 5.77. The molecule has 0 bridgehead atoms. The summed E-state index contributed by atoms with van der Waals surface area (Å²) in [7, 11) is 0. The Labute approximate surface area is 72.7 Å². The molecular formula is C9H15NO2. The van der Waals surface area contributed by atoms with E-state index in [1.807, 2.05) is 0 Å². The summed E-state index contributed by atoms with van der Waals surface area (Å²) in [5.74, 6) is -0.165. The van der Waals surface area contributed by atoms with Crippen LogP contribution in [0.3, 0.4) is 0 Å². The molecule has 0 atom stereocenters. The monoisotopic (exact) mass is 169 g/mol. The van der Waals surface area contributed by atoms with Crippen molar-refractivity contribution in [2.75, 3.05) is 19.7 Å². The Balaban J connectivity index is 2.46. The highest BCUT2D eigenvalue weighted by Gasteiger charge is 2.14. The van der Waals surface area contributed by atoms with Crippen LogP contribution in [-0.4, -0.2) is 35.6 Å². The smallest absolute Gasteiger partial charge is 0.248 e. The number of carbonyl (C=O) groups is 1. The lowest BCUT2D eigenvalue weighted by Gasteiger charge is -2.25. The van der Waals surface area contributed by atoms with Gasteiger partial charge in [0, 0.05) is 13.1 Å². The standard InChI is InChI=1S/C9H15NO2/c1-2-8-3-5-10(6-4-8)9(12)7-11/h3,11H,2,4-7H2,1H3. The van der Waals surface area contributed by atoms with Crippen molar-refractivity contribution in [3.05, 3.63) is 11.6 Å². The van der Waals surface area contributed by atoms with Crippen molar-refractivity contribution in [2.24, 2.45) is 0 Å². The minimum absolute atomic E-state index is 0.165. The van der Waals surface area contributed by atoms with Crippen LogP contribution in [0.15, 0.2) is 11.6 Å². The largest absolute Gasteiger partial charge is 0.387 e. The van der Waals surface area contributed by atoms with Gasteiger partial charge >= 0.3 is 0 Å². The minimum Gasteiger partial charge on any atom is -0.387 e. The average Bonchev–Trinajstić information content (AvgIpc) is 2.17. The van der Waals surface area contributed by atoms with Gasteiger partial charge in [0.1, 0.15) is 6.61 Å². The Morgan fingerprint density at radius 2 is 2.50 bits per heavy atom. The molecule has 0 spiro atoms. The van der Waals surface area contributed by atoms with E-state index < -0.39 is 0 Å². The number of nitrogens with zero attached hydrogens (tertiary/aromatic N) is 1. The summed E-state index contributed by atoms with van der Waals surface area (Å²) in [4.78, 5) is 12.7. The third kappa shape index (κ3) is 2.08. The van der Waals surface area contributed by atoms with Gasteiger partial charge in [-0.05, 0) is 12.8 Å². The van der Waals surface area contributed by atoms with Gasteiger partial charge in [-0.3, -0.25) is 4.79 Å². The van der Waals surface area contributed by atoms with Crippen molar-refractivity contribution in [1.82, 2.24) is 4.90 Å². The molecule has 1 aliphatic heterocycles. The lowest BCUT2D eigenvalue weighted by Crippen LogP contribution is -2.36. The second-order valence-corrected chi connectivity index (χ2v) is 2.96. The van der Waals surface area contributed by atoms with Crippen molar-refractivity contribution in [3.8, 4) is 0 Å². The van der Waals surface area contributed by atoms with Gasteiger partial charge in [-0.1, -0.05) is 18.6 Å².